The van der Waals surface area contributed by atoms with E-state index in [1.165, 1.54) is 56.9 Å². The standard InChI is InChI=1S/C48H60N4O16/c1-61-41(53)13-9-25-29(17-45(57)65-5)37-22-34-27(11-15-43(55)63-3)31(19-47(59)67-7)39(51-34)24-36-28(12-16-44(56)64-4)32(20-48(60)68-8)40(52-36)23-35-26(10-14-42(54)62-2)30(18-46(58)66-6)38(50-35)21-33(25)49-37/h49-52H,9-24H2,1-8H3. The number of methoxy groups -OCH3 is 8. The summed E-state index contributed by atoms with van der Waals surface area (Å²) in [6.45, 7) is 0. The van der Waals surface area contributed by atoms with Gasteiger partial charge in [0.05, 0.1) is 82.6 Å². The fraction of sp³-hybridized carbons (Fsp3) is 0.500. The zero-order chi connectivity index (χ0) is 49.7. The molecule has 5 rings (SSSR count). The molecule has 0 amide bonds. The average molecular weight is 949 g/mol. The lowest BCUT2D eigenvalue weighted by Crippen LogP contribution is -2.12. The van der Waals surface area contributed by atoms with Gasteiger partial charge in [0, 0.05) is 96.9 Å². The molecule has 4 N–H and O–H groups in total. The molecule has 20 nitrogen and oxygen atoms in total. The maximum Gasteiger partial charge on any atom is 0.310 e. The van der Waals surface area contributed by atoms with E-state index in [1.54, 1.807) is 0 Å². The molecule has 5 heterocycles. The van der Waals surface area contributed by atoms with Gasteiger partial charge in [-0.1, -0.05) is 0 Å². The first-order valence-electron chi connectivity index (χ1n) is 22.0. The highest BCUT2D eigenvalue weighted by Crippen LogP contribution is 2.35. The number of nitrogens with one attached hydrogen (secondary N) is 4. The van der Waals surface area contributed by atoms with Crippen molar-refractivity contribution in [2.45, 2.75) is 103 Å². The molecule has 0 aliphatic carbocycles. The Kier molecular flexibility index (Phi) is 18.4. The van der Waals surface area contributed by atoms with E-state index in [0.29, 0.717) is 90.1 Å². The van der Waals surface area contributed by atoms with Gasteiger partial charge in [-0.3, -0.25) is 38.4 Å². The largest absolute Gasteiger partial charge is 0.469 e. The Bertz CT molecular complexity index is 2190. The number of ether oxygens (including phenoxy) is 8. The van der Waals surface area contributed by atoms with Gasteiger partial charge in [-0.15, -0.1) is 0 Å². The molecule has 20 heteroatoms. The van der Waals surface area contributed by atoms with E-state index in [0.717, 1.165) is 0 Å². The van der Waals surface area contributed by atoms with E-state index in [-0.39, 0.29) is 103 Å². The minimum absolute atomic E-state index is 0.0547. The van der Waals surface area contributed by atoms with Crippen molar-refractivity contribution >= 4 is 47.8 Å². The predicted molar refractivity (Wildman–Crippen MR) is 239 cm³/mol. The summed E-state index contributed by atoms with van der Waals surface area (Å²) in [6, 6.07) is 0. The maximum absolute atomic E-state index is 13.3. The molecular formula is C48H60N4O16. The van der Waals surface area contributed by atoms with Crippen molar-refractivity contribution in [1.82, 2.24) is 19.9 Å². The third-order valence-corrected chi connectivity index (χ3v) is 12.4. The lowest BCUT2D eigenvalue weighted by atomic mass is 9.93. The highest BCUT2D eigenvalue weighted by molar-refractivity contribution is 5.78. The molecule has 4 aromatic rings. The Labute approximate surface area is 392 Å². The Morgan fingerprint density at radius 1 is 0.279 bits per heavy atom. The van der Waals surface area contributed by atoms with Crippen LogP contribution in [0.15, 0.2) is 0 Å². The first kappa shape index (κ1) is 51.9. The summed E-state index contributed by atoms with van der Waals surface area (Å²) >= 11 is 0. The van der Waals surface area contributed by atoms with Crippen molar-refractivity contribution < 1.29 is 76.3 Å². The Morgan fingerprint density at radius 2 is 0.441 bits per heavy atom. The van der Waals surface area contributed by atoms with Crippen LogP contribution in [0.5, 0.6) is 0 Å². The lowest BCUT2D eigenvalue weighted by molar-refractivity contribution is -0.141. The van der Waals surface area contributed by atoms with Gasteiger partial charge in [-0.25, -0.2) is 0 Å². The first-order chi connectivity index (χ1) is 32.6. The number of rotatable bonds is 20. The summed E-state index contributed by atoms with van der Waals surface area (Å²) < 4.78 is 40.7. The third kappa shape index (κ3) is 12.6. The molecule has 4 aromatic heterocycles. The van der Waals surface area contributed by atoms with Crippen molar-refractivity contribution in [1.29, 1.82) is 0 Å². The number of aromatic amines is 4. The van der Waals surface area contributed by atoms with Crippen molar-refractivity contribution in [2.24, 2.45) is 0 Å². The molecule has 0 unspecified atom stereocenters. The quantitative estimate of drug-likeness (QED) is 0.0645. The second kappa shape index (κ2) is 24.1. The van der Waals surface area contributed by atoms with E-state index in [9.17, 15) is 38.4 Å². The van der Waals surface area contributed by atoms with E-state index in [2.05, 4.69) is 19.9 Å². The molecule has 0 radical (unpaired) electrons. The Hall–Kier alpha value is -7.12. The van der Waals surface area contributed by atoms with Gasteiger partial charge >= 0.3 is 47.8 Å². The zero-order valence-corrected chi connectivity index (χ0v) is 39.8. The topological polar surface area (TPSA) is 274 Å². The van der Waals surface area contributed by atoms with Crippen LogP contribution in [0.25, 0.3) is 0 Å². The number of esters is 8. The van der Waals surface area contributed by atoms with Crippen molar-refractivity contribution in [3.05, 3.63) is 90.1 Å². The molecule has 0 atom stereocenters. The normalized spacial score (nSPS) is 11.9. The van der Waals surface area contributed by atoms with Gasteiger partial charge in [0.2, 0.25) is 0 Å². The molecule has 0 spiro atoms. The number of H-pyrrole nitrogens is 4. The first-order valence-corrected chi connectivity index (χ1v) is 22.0. The molecule has 368 valence electrons. The molecule has 1 aliphatic heterocycles. The predicted octanol–water partition coefficient (Wildman–Crippen LogP) is 2.96. The summed E-state index contributed by atoms with van der Waals surface area (Å²) in [7, 11) is 10.2. The second-order valence-corrected chi connectivity index (χ2v) is 16.2. The van der Waals surface area contributed by atoms with Crippen molar-refractivity contribution in [3.8, 4) is 0 Å². The van der Waals surface area contributed by atoms with E-state index >= 15 is 0 Å². The summed E-state index contributed by atoms with van der Waals surface area (Å²) in [5.41, 5.74) is 9.25. The smallest absolute Gasteiger partial charge is 0.310 e. The van der Waals surface area contributed by atoms with Gasteiger partial charge in [-0.05, 0) is 70.2 Å². The van der Waals surface area contributed by atoms with Crippen LogP contribution in [0.4, 0.5) is 0 Å². The number of carbonyl (C=O) groups is 8. The highest BCUT2D eigenvalue weighted by atomic mass is 16.5. The summed E-state index contributed by atoms with van der Waals surface area (Å²) in [4.78, 5) is 118. The molecule has 0 aromatic carbocycles. The van der Waals surface area contributed by atoms with Crippen LogP contribution >= 0.6 is 0 Å². The summed E-state index contributed by atoms with van der Waals surface area (Å²) in [6.07, 6.45) is -0.119. The Morgan fingerprint density at radius 3 is 0.603 bits per heavy atom. The fourth-order valence-corrected chi connectivity index (χ4v) is 8.95. The molecule has 68 heavy (non-hydrogen) atoms. The van der Waals surface area contributed by atoms with Gasteiger partial charge in [-0.2, -0.15) is 0 Å². The maximum atomic E-state index is 13.3. The number of fused-ring (bicyclic) bond motifs is 8. The van der Waals surface area contributed by atoms with Gasteiger partial charge in [0.15, 0.2) is 0 Å². The van der Waals surface area contributed by atoms with Crippen LogP contribution in [0, 0.1) is 0 Å². The molecule has 0 saturated carbocycles. The molecule has 1 aliphatic rings. The Balaban J connectivity index is 1.93. The van der Waals surface area contributed by atoms with Crippen LogP contribution in [-0.2, 0) is 153 Å². The summed E-state index contributed by atoms with van der Waals surface area (Å²) in [5, 5.41) is 0. The zero-order valence-electron chi connectivity index (χ0n) is 39.8. The third-order valence-electron chi connectivity index (χ3n) is 12.4. The fourth-order valence-electron chi connectivity index (χ4n) is 8.95. The van der Waals surface area contributed by atoms with Crippen LogP contribution in [0.2, 0.25) is 0 Å². The van der Waals surface area contributed by atoms with Crippen LogP contribution in [-0.4, -0.2) is 125 Å². The van der Waals surface area contributed by atoms with Crippen LogP contribution < -0.4 is 0 Å². The van der Waals surface area contributed by atoms with Gasteiger partial charge in [0.25, 0.3) is 0 Å². The number of hydrogen-bond donors (Lipinski definition) is 4. The highest BCUT2D eigenvalue weighted by Gasteiger charge is 2.31. The molecular weight excluding hydrogens is 889 g/mol. The van der Waals surface area contributed by atoms with E-state index in [4.69, 9.17) is 37.9 Å². The van der Waals surface area contributed by atoms with Gasteiger partial charge in [0.1, 0.15) is 0 Å². The minimum Gasteiger partial charge on any atom is -0.469 e. The van der Waals surface area contributed by atoms with E-state index < -0.39 is 47.8 Å². The number of aromatic nitrogens is 4. The van der Waals surface area contributed by atoms with Crippen LogP contribution in [0.3, 0.4) is 0 Å². The summed E-state index contributed by atoms with van der Waals surface area (Å²) in [5.74, 6) is -4.22. The molecule has 8 bridgehead atoms. The number of hydrogen-bond acceptors (Lipinski definition) is 16. The van der Waals surface area contributed by atoms with Crippen LogP contribution in [0.1, 0.15) is 116 Å². The van der Waals surface area contributed by atoms with Crippen molar-refractivity contribution in [3.63, 3.8) is 0 Å². The lowest BCUT2D eigenvalue weighted by Gasteiger charge is -2.11. The molecule has 0 fully saturated rings. The monoisotopic (exact) mass is 948 g/mol. The van der Waals surface area contributed by atoms with E-state index in [1.807, 2.05) is 0 Å². The SMILES string of the molecule is COC(=O)CCc1c2[nH]c(c1CC(=O)OC)Cc1[nH]c(c(CC(=O)OC)c1CCC(=O)OC)Cc1[nH]c(c(CC(=O)OC)c1CCC(=O)OC)Cc1[nH]c(c(CC(=O)OC)c1CCC(=O)OC)C2. The van der Waals surface area contributed by atoms with Gasteiger partial charge < -0.3 is 57.8 Å². The molecule has 0 saturated heterocycles. The van der Waals surface area contributed by atoms with Crippen molar-refractivity contribution in [2.75, 3.05) is 56.9 Å². The second-order valence-electron chi connectivity index (χ2n) is 16.2. The minimum atomic E-state index is -0.560. The number of carbonyl (C=O) groups excluding carboxylic acids is 8. The average Bonchev–Trinajstić information content (AvgIpc) is 4.04.